The fourth-order valence-corrected chi connectivity index (χ4v) is 3.50. The summed E-state index contributed by atoms with van der Waals surface area (Å²) < 4.78 is 5.35. The number of morpholine rings is 1. The first-order valence-corrected chi connectivity index (χ1v) is 8.59. The van der Waals surface area contributed by atoms with Crippen molar-refractivity contribution in [3.63, 3.8) is 0 Å². The quantitative estimate of drug-likeness (QED) is 0.707. The van der Waals surface area contributed by atoms with Crippen LogP contribution in [-0.4, -0.2) is 71.3 Å². The molecule has 136 valence electrons. The number of aliphatic hydroxyl groups is 1. The summed E-state index contributed by atoms with van der Waals surface area (Å²) in [5.74, 6) is -0.191. The summed E-state index contributed by atoms with van der Waals surface area (Å²) >= 11 is 0. The molecule has 1 aliphatic heterocycles. The van der Waals surface area contributed by atoms with E-state index in [4.69, 9.17) is 4.74 Å². The molecule has 2 aliphatic rings. The third-order valence-corrected chi connectivity index (χ3v) is 4.74. The number of nitrogens with one attached hydrogen (secondary N) is 2. The van der Waals surface area contributed by atoms with Crippen molar-refractivity contribution in [2.75, 3.05) is 31.6 Å². The normalized spacial score (nSPS) is 27.0. The maximum atomic E-state index is 12.5. The highest BCUT2D eigenvalue weighted by molar-refractivity contribution is 5.96. The summed E-state index contributed by atoms with van der Waals surface area (Å²) in [7, 11) is 0. The molecule has 25 heavy (non-hydrogen) atoms. The number of hydrogen-bond acceptors (Lipinski definition) is 6. The van der Waals surface area contributed by atoms with Gasteiger partial charge in [-0.25, -0.2) is 4.98 Å². The second-order valence-corrected chi connectivity index (χ2v) is 6.47. The zero-order chi connectivity index (χ0) is 17.8. The number of aliphatic hydroxyl groups excluding tert-OH is 1. The van der Waals surface area contributed by atoms with Gasteiger partial charge in [-0.1, -0.05) is 0 Å². The van der Waals surface area contributed by atoms with E-state index < -0.39 is 6.10 Å². The van der Waals surface area contributed by atoms with Crippen molar-refractivity contribution in [1.29, 1.82) is 0 Å². The second-order valence-electron chi connectivity index (χ2n) is 6.47. The van der Waals surface area contributed by atoms with Crippen molar-refractivity contribution >= 4 is 17.6 Å². The highest BCUT2D eigenvalue weighted by Gasteiger charge is 2.39. The zero-order valence-electron chi connectivity index (χ0n) is 14.3. The summed E-state index contributed by atoms with van der Waals surface area (Å²) in [6.45, 7) is 4.38. The van der Waals surface area contributed by atoms with E-state index in [9.17, 15) is 14.7 Å². The minimum Gasteiger partial charge on any atom is -0.389 e. The molecule has 2 fully saturated rings. The van der Waals surface area contributed by atoms with Crippen LogP contribution in [0.1, 0.15) is 30.1 Å². The van der Waals surface area contributed by atoms with E-state index in [1.54, 1.807) is 6.07 Å². The van der Waals surface area contributed by atoms with Gasteiger partial charge in [0, 0.05) is 37.8 Å². The Morgan fingerprint density at radius 2 is 2.08 bits per heavy atom. The van der Waals surface area contributed by atoms with Gasteiger partial charge in [0.05, 0.1) is 25.4 Å². The molecule has 0 radical (unpaired) electrons. The average Bonchev–Trinajstić information content (AvgIpc) is 2.96. The van der Waals surface area contributed by atoms with Gasteiger partial charge >= 0.3 is 0 Å². The van der Waals surface area contributed by atoms with Crippen molar-refractivity contribution in [1.82, 2.24) is 15.2 Å². The number of nitrogens with zero attached hydrogens (tertiary/aromatic N) is 2. The SMILES string of the molecule is CC(=O)Nc1cc(C(=O)N[C@@H]2CC[C@@H](N3CCOCC3)[C@@H]2O)ccn1. The number of pyridine rings is 1. The summed E-state index contributed by atoms with van der Waals surface area (Å²) in [6.07, 6.45) is 2.46. The zero-order valence-corrected chi connectivity index (χ0v) is 14.3. The van der Waals surface area contributed by atoms with Crippen molar-refractivity contribution in [2.45, 2.75) is 38.0 Å². The van der Waals surface area contributed by atoms with Crippen LogP contribution in [0.4, 0.5) is 5.82 Å². The number of anilines is 1. The number of ether oxygens (including phenoxy) is 1. The van der Waals surface area contributed by atoms with Crippen LogP contribution in [0.25, 0.3) is 0 Å². The van der Waals surface area contributed by atoms with Crippen molar-refractivity contribution in [3.05, 3.63) is 23.9 Å². The molecule has 3 rings (SSSR count). The van der Waals surface area contributed by atoms with Gasteiger partial charge in [0.1, 0.15) is 5.82 Å². The molecule has 2 heterocycles. The molecule has 0 unspecified atom stereocenters. The van der Waals surface area contributed by atoms with Crippen LogP contribution in [0.5, 0.6) is 0 Å². The topological polar surface area (TPSA) is 104 Å². The standard InChI is InChI=1S/C17H24N4O4/c1-11(22)19-15-10-12(4-5-18-15)17(24)20-13-2-3-14(16(13)23)21-6-8-25-9-7-21/h4-5,10,13-14,16,23H,2-3,6-9H2,1H3,(H,20,24)(H,18,19,22)/t13-,14-,16-/m1/s1. The maximum Gasteiger partial charge on any atom is 0.251 e. The molecule has 1 saturated heterocycles. The molecule has 2 amide bonds. The first-order chi connectivity index (χ1) is 12.0. The minimum atomic E-state index is -0.598. The van der Waals surface area contributed by atoms with Crippen LogP contribution in [0.3, 0.4) is 0 Å². The molecule has 8 nitrogen and oxygen atoms in total. The lowest BCUT2D eigenvalue weighted by Crippen LogP contribution is -2.51. The Balaban J connectivity index is 1.60. The number of hydrogen-bond donors (Lipinski definition) is 3. The Kier molecular flexibility index (Phi) is 5.62. The lowest BCUT2D eigenvalue weighted by molar-refractivity contribution is -0.114. The first-order valence-electron chi connectivity index (χ1n) is 8.59. The third-order valence-electron chi connectivity index (χ3n) is 4.74. The summed E-state index contributed by atoms with van der Waals surface area (Å²) in [5.41, 5.74) is 0.403. The second kappa shape index (κ2) is 7.90. The van der Waals surface area contributed by atoms with Gasteiger partial charge < -0.3 is 20.5 Å². The van der Waals surface area contributed by atoms with E-state index >= 15 is 0 Å². The molecule has 3 atom stereocenters. The Morgan fingerprint density at radius 3 is 2.80 bits per heavy atom. The molecule has 0 aromatic carbocycles. The molecule has 1 aliphatic carbocycles. The van der Waals surface area contributed by atoms with Crippen LogP contribution in [-0.2, 0) is 9.53 Å². The molecule has 1 aromatic heterocycles. The Morgan fingerprint density at radius 1 is 1.32 bits per heavy atom. The predicted octanol–water partition coefficient (Wildman–Crippen LogP) is -0.00610. The molecular formula is C17H24N4O4. The molecule has 1 aromatic rings. The maximum absolute atomic E-state index is 12.5. The van der Waals surface area contributed by atoms with E-state index in [0.717, 1.165) is 25.9 Å². The Labute approximate surface area is 146 Å². The van der Waals surface area contributed by atoms with Gasteiger partial charge in [-0.3, -0.25) is 14.5 Å². The number of carbonyl (C=O) groups excluding carboxylic acids is 2. The van der Waals surface area contributed by atoms with Crippen molar-refractivity contribution < 1.29 is 19.4 Å². The molecule has 0 bridgehead atoms. The lowest BCUT2D eigenvalue weighted by atomic mass is 10.1. The molecule has 8 heteroatoms. The van der Waals surface area contributed by atoms with E-state index in [1.165, 1.54) is 19.2 Å². The van der Waals surface area contributed by atoms with Gasteiger partial charge in [0.25, 0.3) is 5.91 Å². The molecule has 3 N–H and O–H groups in total. The van der Waals surface area contributed by atoms with Gasteiger partial charge in [-0.15, -0.1) is 0 Å². The van der Waals surface area contributed by atoms with Gasteiger partial charge in [-0.2, -0.15) is 0 Å². The number of carbonyl (C=O) groups is 2. The van der Waals surface area contributed by atoms with Crippen molar-refractivity contribution in [2.24, 2.45) is 0 Å². The Bertz CT molecular complexity index is 633. The van der Waals surface area contributed by atoms with E-state index in [-0.39, 0.29) is 23.9 Å². The molecule has 1 saturated carbocycles. The number of amides is 2. The molecule has 0 spiro atoms. The Hall–Kier alpha value is -2.03. The summed E-state index contributed by atoms with van der Waals surface area (Å²) in [5, 5.41) is 16.1. The predicted molar refractivity (Wildman–Crippen MR) is 91.2 cm³/mol. The summed E-state index contributed by atoms with van der Waals surface area (Å²) in [6, 6.07) is 2.89. The summed E-state index contributed by atoms with van der Waals surface area (Å²) in [4.78, 5) is 29.8. The van der Waals surface area contributed by atoms with Gasteiger partial charge in [0.15, 0.2) is 0 Å². The van der Waals surface area contributed by atoms with Gasteiger partial charge in [-0.05, 0) is 25.0 Å². The minimum absolute atomic E-state index is 0.0570. The smallest absolute Gasteiger partial charge is 0.251 e. The fraction of sp³-hybridized carbons (Fsp3) is 0.588. The fourth-order valence-electron chi connectivity index (χ4n) is 3.50. The van der Waals surface area contributed by atoms with Crippen LogP contribution in [0.15, 0.2) is 18.3 Å². The van der Waals surface area contributed by atoms with Crippen LogP contribution >= 0.6 is 0 Å². The molecular weight excluding hydrogens is 324 g/mol. The van der Waals surface area contributed by atoms with E-state index in [0.29, 0.717) is 24.6 Å². The monoisotopic (exact) mass is 348 g/mol. The highest BCUT2D eigenvalue weighted by Crippen LogP contribution is 2.26. The average molecular weight is 348 g/mol. The number of aromatic nitrogens is 1. The first kappa shape index (κ1) is 17.8. The van der Waals surface area contributed by atoms with Crippen LogP contribution in [0, 0.1) is 0 Å². The van der Waals surface area contributed by atoms with E-state index in [1.807, 2.05) is 0 Å². The van der Waals surface area contributed by atoms with Crippen LogP contribution in [0.2, 0.25) is 0 Å². The van der Waals surface area contributed by atoms with Crippen molar-refractivity contribution in [3.8, 4) is 0 Å². The largest absolute Gasteiger partial charge is 0.389 e. The van der Waals surface area contributed by atoms with E-state index in [2.05, 4.69) is 20.5 Å². The number of rotatable bonds is 4. The lowest BCUT2D eigenvalue weighted by Gasteiger charge is -2.34. The van der Waals surface area contributed by atoms with Crippen LogP contribution < -0.4 is 10.6 Å². The third kappa shape index (κ3) is 4.33. The van der Waals surface area contributed by atoms with Gasteiger partial charge in [0.2, 0.25) is 5.91 Å². The highest BCUT2D eigenvalue weighted by atomic mass is 16.5.